The number of alkyl halides is 1. The van der Waals surface area contributed by atoms with Crippen LogP contribution in [0.1, 0.15) is 47.5 Å². The second-order valence-electron chi connectivity index (χ2n) is 5.60. The van der Waals surface area contributed by atoms with Gasteiger partial charge in [0, 0.05) is 12.1 Å². The Morgan fingerprint density at radius 3 is 2.13 bits per heavy atom. The summed E-state index contributed by atoms with van der Waals surface area (Å²) < 4.78 is 13.3. The summed E-state index contributed by atoms with van der Waals surface area (Å²) >= 11 is 0. The lowest BCUT2D eigenvalue weighted by Gasteiger charge is -2.44. The van der Waals surface area contributed by atoms with E-state index in [0.717, 1.165) is 19.4 Å². The van der Waals surface area contributed by atoms with E-state index >= 15 is 0 Å². The van der Waals surface area contributed by atoms with Gasteiger partial charge in [-0.2, -0.15) is 0 Å². The predicted octanol–water partition coefficient (Wildman–Crippen LogP) is 3.49. The van der Waals surface area contributed by atoms with Crippen LogP contribution in [0, 0.1) is 11.8 Å². The van der Waals surface area contributed by atoms with Crippen molar-refractivity contribution in [1.29, 1.82) is 0 Å². The zero-order chi connectivity index (χ0) is 11.6. The Kier molecular flexibility index (Phi) is 4.57. The van der Waals surface area contributed by atoms with Crippen LogP contribution in [0.25, 0.3) is 0 Å². The predicted molar refractivity (Wildman–Crippen MR) is 63.8 cm³/mol. The van der Waals surface area contributed by atoms with Gasteiger partial charge in [-0.05, 0) is 52.0 Å². The summed E-state index contributed by atoms with van der Waals surface area (Å²) in [5.74, 6) is 0.918. The van der Waals surface area contributed by atoms with E-state index in [1.165, 1.54) is 0 Å². The summed E-state index contributed by atoms with van der Waals surface area (Å²) in [4.78, 5) is 2.55. The fourth-order valence-electron chi connectivity index (χ4n) is 2.76. The average molecular weight is 215 g/mol. The van der Waals surface area contributed by atoms with Crippen molar-refractivity contribution in [3.8, 4) is 0 Å². The van der Waals surface area contributed by atoms with E-state index in [2.05, 4.69) is 32.6 Å². The molecule has 3 atom stereocenters. The minimum absolute atomic E-state index is 0.285. The summed E-state index contributed by atoms with van der Waals surface area (Å²) in [6.07, 6.45) is 1.42. The smallest absolute Gasteiger partial charge is 0.100 e. The van der Waals surface area contributed by atoms with Crippen molar-refractivity contribution in [3.05, 3.63) is 0 Å². The van der Waals surface area contributed by atoms with Crippen molar-refractivity contribution in [2.24, 2.45) is 11.8 Å². The Morgan fingerprint density at radius 2 is 1.73 bits per heavy atom. The van der Waals surface area contributed by atoms with Gasteiger partial charge in [0.2, 0.25) is 0 Å². The number of nitrogens with zero attached hydrogens (tertiary/aromatic N) is 1. The standard InChI is InChI=1S/C13H26FN/c1-9(2)13-8-12(11(5)14)6-7-15(13)10(3)4/h9-13H,6-8H2,1-5H3. The number of rotatable bonds is 3. The Labute approximate surface area is 94.0 Å². The lowest BCUT2D eigenvalue weighted by molar-refractivity contribution is 0.0315. The zero-order valence-electron chi connectivity index (χ0n) is 10.8. The summed E-state index contributed by atoms with van der Waals surface area (Å²) in [5.41, 5.74) is 0. The number of halogens is 1. The van der Waals surface area contributed by atoms with Gasteiger partial charge in [-0.3, -0.25) is 4.90 Å². The highest BCUT2D eigenvalue weighted by molar-refractivity contribution is 4.87. The van der Waals surface area contributed by atoms with Gasteiger partial charge in [0.05, 0.1) is 0 Å². The molecule has 1 fully saturated rings. The minimum Gasteiger partial charge on any atom is -0.298 e. The summed E-state index contributed by atoms with van der Waals surface area (Å²) in [7, 11) is 0. The maximum absolute atomic E-state index is 13.3. The molecule has 1 rings (SSSR count). The second kappa shape index (κ2) is 5.29. The van der Waals surface area contributed by atoms with Crippen LogP contribution < -0.4 is 0 Å². The third-order valence-corrected chi connectivity index (χ3v) is 3.81. The van der Waals surface area contributed by atoms with Crippen LogP contribution in [0.3, 0.4) is 0 Å². The third kappa shape index (κ3) is 3.17. The molecule has 0 aromatic rings. The average Bonchev–Trinajstić information content (AvgIpc) is 2.16. The Hall–Kier alpha value is -0.110. The molecule has 15 heavy (non-hydrogen) atoms. The zero-order valence-corrected chi connectivity index (χ0v) is 10.8. The number of piperidine rings is 1. The maximum Gasteiger partial charge on any atom is 0.100 e. The molecule has 1 saturated heterocycles. The second-order valence-corrected chi connectivity index (χ2v) is 5.60. The summed E-state index contributed by atoms with van der Waals surface area (Å²) in [5, 5.41) is 0. The Balaban J connectivity index is 2.65. The van der Waals surface area contributed by atoms with Crippen molar-refractivity contribution < 1.29 is 4.39 Å². The number of hydrogen-bond donors (Lipinski definition) is 0. The molecule has 0 bridgehead atoms. The molecule has 0 N–H and O–H groups in total. The summed E-state index contributed by atoms with van der Waals surface area (Å²) in [6, 6.07) is 1.16. The van der Waals surface area contributed by atoms with Crippen molar-refractivity contribution in [2.45, 2.75) is 65.7 Å². The van der Waals surface area contributed by atoms with Crippen LogP contribution >= 0.6 is 0 Å². The van der Waals surface area contributed by atoms with Gasteiger partial charge in [0.15, 0.2) is 0 Å². The van der Waals surface area contributed by atoms with E-state index in [9.17, 15) is 4.39 Å². The molecule has 1 heterocycles. The largest absolute Gasteiger partial charge is 0.298 e. The highest BCUT2D eigenvalue weighted by Crippen LogP contribution is 2.31. The first-order chi connectivity index (χ1) is 6.93. The SMILES string of the molecule is CC(C)C1CC(C(C)F)CCN1C(C)C. The monoisotopic (exact) mass is 215 g/mol. The number of likely N-dealkylation sites (tertiary alicyclic amines) is 1. The van der Waals surface area contributed by atoms with E-state index in [1.807, 2.05) is 0 Å². The molecule has 2 heteroatoms. The van der Waals surface area contributed by atoms with E-state index < -0.39 is 6.17 Å². The van der Waals surface area contributed by atoms with Crippen LogP contribution in [-0.4, -0.2) is 29.7 Å². The van der Waals surface area contributed by atoms with Crippen molar-refractivity contribution >= 4 is 0 Å². The molecule has 0 saturated carbocycles. The van der Waals surface area contributed by atoms with Gasteiger partial charge in [-0.1, -0.05) is 13.8 Å². The molecule has 0 aliphatic carbocycles. The van der Waals surface area contributed by atoms with Crippen LogP contribution in [0.4, 0.5) is 4.39 Å². The topological polar surface area (TPSA) is 3.24 Å². The quantitative estimate of drug-likeness (QED) is 0.696. The van der Waals surface area contributed by atoms with Gasteiger partial charge >= 0.3 is 0 Å². The van der Waals surface area contributed by atoms with Crippen LogP contribution in [-0.2, 0) is 0 Å². The van der Waals surface area contributed by atoms with Gasteiger partial charge in [0.25, 0.3) is 0 Å². The van der Waals surface area contributed by atoms with Crippen molar-refractivity contribution in [1.82, 2.24) is 4.90 Å². The molecule has 0 aromatic heterocycles. The molecular weight excluding hydrogens is 189 g/mol. The molecule has 0 amide bonds. The normalized spacial score (nSPS) is 31.2. The first kappa shape index (κ1) is 13.0. The van der Waals surface area contributed by atoms with Crippen molar-refractivity contribution in [3.63, 3.8) is 0 Å². The van der Waals surface area contributed by atoms with Crippen LogP contribution in [0.15, 0.2) is 0 Å². The molecule has 1 aliphatic heterocycles. The van der Waals surface area contributed by atoms with Crippen LogP contribution in [0.2, 0.25) is 0 Å². The Morgan fingerprint density at radius 1 is 1.13 bits per heavy atom. The maximum atomic E-state index is 13.3. The Bertz CT molecular complexity index is 189. The van der Waals surface area contributed by atoms with Gasteiger partial charge in [0.1, 0.15) is 6.17 Å². The fraction of sp³-hybridized carbons (Fsp3) is 1.00. The first-order valence-electron chi connectivity index (χ1n) is 6.33. The molecule has 1 nitrogen and oxygen atoms in total. The molecule has 0 aromatic carbocycles. The lowest BCUT2D eigenvalue weighted by atomic mass is 9.82. The fourth-order valence-corrected chi connectivity index (χ4v) is 2.76. The molecule has 0 radical (unpaired) electrons. The molecule has 1 aliphatic rings. The van der Waals surface area contributed by atoms with E-state index in [-0.39, 0.29) is 5.92 Å². The van der Waals surface area contributed by atoms with E-state index in [0.29, 0.717) is 18.0 Å². The first-order valence-corrected chi connectivity index (χ1v) is 6.33. The highest BCUT2D eigenvalue weighted by atomic mass is 19.1. The van der Waals surface area contributed by atoms with E-state index in [4.69, 9.17) is 0 Å². The van der Waals surface area contributed by atoms with Gasteiger partial charge in [-0.25, -0.2) is 4.39 Å². The number of hydrogen-bond acceptors (Lipinski definition) is 1. The molecule has 3 unspecified atom stereocenters. The van der Waals surface area contributed by atoms with Gasteiger partial charge < -0.3 is 0 Å². The highest BCUT2D eigenvalue weighted by Gasteiger charge is 2.33. The molecular formula is C13H26FN. The van der Waals surface area contributed by atoms with Crippen molar-refractivity contribution in [2.75, 3.05) is 6.54 Å². The van der Waals surface area contributed by atoms with Gasteiger partial charge in [-0.15, -0.1) is 0 Å². The van der Waals surface area contributed by atoms with Crippen LogP contribution in [0.5, 0.6) is 0 Å². The lowest BCUT2D eigenvalue weighted by Crippen LogP contribution is -2.49. The molecule has 0 spiro atoms. The summed E-state index contributed by atoms with van der Waals surface area (Å²) in [6.45, 7) is 11.8. The third-order valence-electron chi connectivity index (χ3n) is 3.81. The van der Waals surface area contributed by atoms with E-state index in [1.54, 1.807) is 6.92 Å². The minimum atomic E-state index is -0.638. The molecule has 90 valence electrons.